The van der Waals surface area contributed by atoms with E-state index in [4.69, 9.17) is 16.3 Å². The van der Waals surface area contributed by atoms with Gasteiger partial charge in [0.1, 0.15) is 5.75 Å². The van der Waals surface area contributed by atoms with Gasteiger partial charge in [-0.1, -0.05) is 54.1 Å². The fraction of sp³-hybridized carbons (Fsp3) is 0.136. The van der Waals surface area contributed by atoms with Gasteiger partial charge in [0.25, 0.3) is 11.5 Å². The molecule has 1 N–H and O–H groups in total. The van der Waals surface area contributed by atoms with Crippen molar-refractivity contribution in [3.8, 4) is 5.75 Å². The number of nitrogens with one attached hydrogen (secondary N) is 1. The molecule has 29 heavy (non-hydrogen) atoms. The lowest BCUT2D eigenvalue weighted by molar-refractivity contribution is -0.123. The normalized spacial score (nSPS) is 11.5. The summed E-state index contributed by atoms with van der Waals surface area (Å²) in [4.78, 5) is 38.4. The maximum absolute atomic E-state index is 13.1. The van der Waals surface area contributed by atoms with Crippen molar-refractivity contribution in [3.63, 3.8) is 0 Å². The number of carbonyl (C=O) groups excluding carboxylic acids is 2. The molecule has 3 rings (SSSR count). The zero-order chi connectivity index (χ0) is 20.8. The Morgan fingerprint density at radius 3 is 2.38 bits per heavy atom. The van der Waals surface area contributed by atoms with Crippen LogP contribution in [0.4, 0.5) is 0 Å². The first-order valence-electron chi connectivity index (χ1n) is 8.87. The van der Waals surface area contributed by atoms with Crippen molar-refractivity contribution in [2.45, 2.75) is 12.6 Å². The third-order valence-corrected chi connectivity index (χ3v) is 4.58. The van der Waals surface area contributed by atoms with Crippen molar-refractivity contribution < 1.29 is 14.3 Å². The Morgan fingerprint density at radius 1 is 1.03 bits per heavy atom. The van der Waals surface area contributed by atoms with Gasteiger partial charge in [0, 0.05) is 24.4 Å². The van der Waals surface area contributed by atoms with Crippen LogP contribution in [0, 0.1) is 0 Å². The maximum atomic E-state index is 13.1. The molecule has 7 heteroatoms. The molecule has 148 valence electrons. The van der Waals surface area contributed by atoms with Crippen LogP contribution in [0.15, 0.2) is 77.7 Å². The summed E-state index contributed by atoms with van der Waals surface area (Å²) < 4.78 is 6.17. The largest absolute Gasteiger partial charge is 0.497 e. The van der Waals surface area contributed by atoms with Gasteiger partial charge in [0.05, 0.1) is 12.1 Å². The number of nitrogens with zero attached hydrogens (tertiary/aromatic N) is 1. The molecule has 1 amide bonds. The fourth-order valence-corrected chi connectivity index (χ4v) is 3.01. The Bertz CT molecular complexity index is 1060. The minimum Gasteiger partial charge on any atom is -0.497 e. The highest BCUT2D eigenvalue weighted by atomic mass is 35.5. The highest BCUT2D eigenvalue weighted by molar-refractivity contribution is 6.30. The molecular weight excluding hydrogens is 392 g/mol. The second kappa shape index (κ2) is 9.21. The van der Waals surface area contributed by atoms with Gasteiger partial charge in [-0.3, -0.25) is 19.0 Å². The van der Waals surface area contributed by atoms with E-state index in [1.807, 2.05) is 0 Å². The van der Waals surface area contributed by atoms with E-state index >= 15 is 0 Å². The van der Waals surface area contributed by atoms with Crippen molar-refractivity contribution in [1.82, 2.24) is 9.88 Å². The molecule has 6 nitrogen and oxygen atoms in total. The van der Waals surface area contributed by atoms with Crippen LogP contribution in [0.3, 0.4) is 0 Å². The molecule has 0 fully saturated rings. The van der Waals surface area contributed by atoms with Crippen LogP contribution in [0.1, 0.15) is 22.0 Å². The molecule has 0 saturated heterocycles. The van der Waals surface area contributed by atoms with E-state index in [9.17, 15) is 14.4 Å². The molecule has 0 bridgehead atoms. The summed E-state index contributed by atoms with van der Waals surface area (Å²) in [5.41, 5.74) is 0.649. The third-order valence-electron chi connectivity index (χ3n) is 4.36. The Morgan fingerprint density at radius 2 is 1.72 bits per heavy atom. The average Bonchev–Trinajstić information content (AvgIpc) is 2.75. The van der Waals surface area contributed by atoms with Gasteiger partial charge in [0.2, 0.25) is 0 Å². The number of aromatic nitrogens is 1. The molecule has 0 radical (unpaired) electrons. The van der Waals surface area contributed by atoms with Crippen LogP contribution in [0.5, 0.6) is 5.75 Å². The standard InChI is InChI=1S/C22H19ClN2O4/c1-29-18-10-7-15(8-11-18)13-24-22(28)20(21(27)16-5-3-2-4-6-16)25-14-17(23)9-12-19(25)26/h2-12,14,20H,13H2,1H3,(H,24,28)/t20-/m0/s1. The van der Waals surface area contributed by atoms with Crippen LogP contribution in [-0.2, 0) is 11.3 Å². The van der Waals surface area contributed by atoms with Crippen molar-refractivity contribution in [1.29, 1.82) is 0 Å². The van der Waals surface area contributed by atoms with Crippen molar-refractivity contribution in [2.24, 2.45) is 0 Å². The number of methoxy groups -OCH3 is 1. The van der Waals surface area contributed by atoms with Crippen LogP contribution in [0.25, 0.3) is 0 Å². The number of carbonyl (C=O) groups is 2. The lowest BCUT2D eigenvalue weighted by Crippen LogP contribution is -2.41. The van der Waals surface area contributed by atoms with E-state index in [1.165, 1.54) is 18.3 Å². The summed E-state index contributed by atoms with van der Waals surface area (Å²) in [5, 5.41) is 2.98. The fourth-order valence-electron chi connectivity index (χ4n) is 2.84. The topological polar surface area (TPSA) is 77.4 Å². The maximum Gasteiger partial charge on any atom is 0.251 e. The number of ketones is 1. The van der Waals surface area contributed by atoms with Gasteiger partial charge in [-0.15, -0.1) is 0 Å². The smallest absolute Gasteiger partial charge is 0.251 e. The number of Topliss-reactive ketones (excluding diaryl/α,β-unsaturated/α-hetero) is 1. The van der Waals surface area contributed by atoms with Crippen molar-refractivity contribution >= 4 is 23.3 Å². The minimum absolute atomic E-state index is 0.191. The molecule has 0 aliphatic heterocycles. The summed E-state index contributed by atoms with van der Waals surface area (Å²) in [6.45, 7) is 0.191. The van der Waals surface area contributed by atoms with E-state index in [1.54, 1.807) is 61.7 Å². The lowest BCUT2D eigenvalue weighted by atomic mass is 10.0. The first-order chi connectivity index (χ1) is 14.0. The highest BCUT2D eigenvalue weighted by Gasteiger charge is 2.30. The van der Waals surface area contributed by atoms with Gasteiger partial charge in [-0.25, -0.2) is 0 Å². The first-order valence-corrected chi connectivity index (χ1v) is 9.25. The molecule has 2 aromatic carbocycles. The van der Waals surface area contributed by atoms with Gasteiger partial charge in [-0.05, 0) is 23.8 Å². The average molecular weight is 411 g/mol. The monoisotopic (exact) mass is 410 g/mol. The molecule has 0 aliphatic rings. The Labute approximate surface area is 172 Å². The number of hydrogen-bond donors (Lipinski definition) is 1. The molecule has 1 aromatic heterocycles. The minimum atomic E-state index is -1.37. The summed E-state index contributed by atoms with van der Waals surface area (Å²) in [5.74, 6) is -0.399. The van der Waals surface area contributed by atoms with Gasteiger partial charge >= 0.3 is 0 Å². The lowest BCUT2D eigenvalue weighted by Gasteiger charge is -2.19. The number of rotatable bonds is 7. The number of amides is 1. The number of halogens is 1. The molecule has 0 unspecified atom stereocenters. The van der Waals surface area contributed by atoms with Crippen LogP contribution in [0.2, 0.25) is 5.02 Å². The zero-order valence-electron chi connectivity index (χ0n) is 15.7. The number of benzene rings is 2. The second-order valence-corrected chi connectivity index (χ2v) is 6.73. The van der Waals surface area contributed by atoms with E-state index in [-0.39, 0.29) is 11.6 Å². The molecule has 3 aromatic rings. The number of pyridine rings is 1. The van der Waals surface area contributed by atoms with Crippen LogP contribution < -0.4 is 15.6 Å². The molecule has 0 saturated carbocycles. The third kappa shape index (κ3) is 4.92. The quantitative estimate of drug-likeness (QED) is 0.479. The van der Waals surface area contributed by atoms with E-state index < -0.39 is 23.3 Å². The van der Waals surface area contributed by atoms with Crippen molar-refractivity contribution in [2.75, 3.05) is 7.11 Å². The van der Waals surface area contributed by atoms with Gasteiger partial charge in [-0.2, -0.15) is 0 Å². The predicted octanol–water partition coefficient (Wildman–Crippen LogP) is 3.25. The molecule has 0 aliphatic carbocycles. The second-order valence-electron chi connectivity index (χ2n) is 6.29. The molecule has 1 heterocycles. The number of hydrogen-bond acceptors (Lipinski definition) is 4. The summed E-state index contributed by atoms with van der Waals surface area (Å²) in [7, 11) is 1.57. The first kappa shape index (κ1) is 20.4. The van der Waals surface area contributed by atoms with E-state index in [2.05, 4.69) is 5.32 Å². The van der Waals surface area contributed by atoms with E-state index in [0.717, 1.165) is 10.1 Å². The Balaban J connectivity index is 1.89. The van der Waals surface area contributed by atoms with E-state index in [0.29, 0.717) is 11.3 Å². The predicted molar refractivity (Wildman–Crippen MR) is 110 cm³/mol. The molecule has 1 atom stereocenters. The van der Waals surface area contributed by atoms with Crippen LogP contribution in [-0.4, -0.2) is 23.4 Å². The van der Waals surface area contributed by atoms with Gasteiger partial charge < -0.3 is 10.1 Å². The molecule has 0 spiro atoms. The Kier molecular flexibility index (Phi) is 6.46. The van der Waals surface area contributed by atoms with Gasteiger partial charge in [0.15, 0.2) is 11.8 Å². The van der Waals surface area contributed by atoms with Crippen molar-refractivity contribution in [3.05, 3.63) is 99.4 Å². The zero-order valence-corrected chi connectivity index (χ0v) is 16.4. The summed E-state index contributed by atoms with van der Waals surface area (Å²) in [6, 6.07) is 16.8. The van der Waals surface area contributed by atoms with Crippen LogP contribution >= 0.6 is 11.6 Å². The Hall–Kier alpha value is -3.38. The molecular formula is C22H19ClN2O4. The summed E-state index contributed by atoms with van der Waals surface area (Å²) >= 11 is 6.00. The number of ether oxygens (including phenoxy) is 1. The SMILES string of the molecule is COc1ccc(CNC(=O)[C@H](C(=O)c2ccccc2)n2cc(Cl)ccc2=O)cc1. The summed E-state index contributed by atoms with van der Waals surface area (Å²) in [6.07, 6.45) is 1.29. The highest BCUT2D eigenvalue weighted by Crippen LogP contribution is 2.17.